The van der Waals surface area contributed by atoms with E-state index in [2.05, 4.69) is 0 Å². The first kappa shape index (κ1) is 13.3. The third-order valence-corrected chi connectivity index (χ3v) is 4.50. The largest absolute Gasteiger partial charge is 0.387 e. The molecular weight excluding hydrogens is 254 g/mol. The zero-order valence-corrected chi connectivity index (χ0v) is 11.6. The Morgan fingerprint density at radius 3 is 2.25 bits per heavy atom. The van der Waals surface area contributed by atoms with Gasteiger partial charge in [-0.15, -0.1) is 0 Å². The Labute approximate surface area is 118 Å². The highest BCUT2D eigenvalue weighted by atomic mass is 16.3. The van der Waals surface area contributed by atoms with Crippen LogP contribution >= 0.6 is 0 Å². The van der Waals surface area contributed by atoms with E-state index in [1.54, 1.807) is 0 Å². The molecule has 0 spiro atoms. The number of amides is 2. The molecule has 1 aromatic carbocycles. The van der Waals surface area contributed by atoms with E-state index in [9.17, 15) is 14.7 Å². The fourth-order valence-corrected chi connectivity index (χ4v) is 3.31. The Morgan fingerprint density at radius 1 is 1.15 bits per heavy atom. The van der Waals surface area contributed by atoms with Gasteiger partial charge in [0.05, 0.1) is 24.5 Å². The van der Waals surface area contributed by atoms with Crippen LogP contribution in [0.4, 0.5) is 0 Å². The van der Waals surface area contributed by atoms with Crippen LogP contribution in [0.25, 0.3) is 0 Å². The molecule has 3 atom stereocenters. The van der Waals surface area contributed by atoms with Crippen LogP contribution in [0.1, 0.15) is 36.5 Å². The summed E-state index contributed by atoms with van der Waals surface area (Å²) in [6.45, 7) is 2.05. The molecule has 2 fully saturated rings. The normalized spacial score (nSPS) is 27.0. The number of β-amino-alcohol motifs (C(OH)–C–C–N with tert-alkyl or cyclic N) is 1. The summed E-state index contributed by atoms with van der Waals surface area (Å²) < 4.78 is 0. The van der Waals surface area contributed by atoms with Gasteiger partial charge in [-0.2, -0.15) is 0 Å². The minimum Gasteiger partial charge on any atom is -0.387 e. The third kappa shape index (κ3) is 2.14. The van der Waals surface area contributed by atoms with Crippen LogP contribution in [0, 0.1) is 18.8 Å². The van der Waals surface area contributed by atoms with Crippen molar-refractivity contribution in [1.29, 1.82) is 0 Å². The average molecular weight is 273 g/mol. The number of rotatable bonds is 3. The molecule has 1 heterocycles. The molecule has 1 aliphatic carbocycles. The molecule has 3 rings (SSSR count). The van der Waals surface area contributed by atoms with Crippen molar-refractivity contribution in [3.05, 3.63) is 35.4 Å². The molecule has 1 saturated carbocycles. The highest BCUT2D eigenvalue weighted by Gasteiger charge is 2.49. The number of benzene rings is 1. The lowest BCUT2D eigenvalue weighted by molar-refractivity contribution is -0.142. The topological polar surface area (TPSA) is 57.6 Å². The predicted octanol–water partition coefficient (Wildman–Crippen LogP) is 1.81. The zero-order valence-electron chi connectivity index (χ0n) is 11.6. The Hall–Kier alpha value is -1.68. The highest BCUT2D eigenvalue weighted by Crippen LogP contribution is 2.40. The lowest BCUT2D eigenvalue weighted by Gasteiger charge is -2.20. The lowest BCUT2D eigenvalue weighted by atomic mass is 10.00. The van der Waals surface area contributed by atoms with E-state index in [1.165, 1.54) is 4.90 Å². The molecule has 1 saturated heterocycles. The zero-order chi connectivity index (χ0) is 14.3. The number of hydrogen-bond acceptors (Lipinski definition) is 3. The summed E-state index contributed by atoms with van der Waals surface area (Å²) in [5, 5.41) is 10.2. The lowest BCUT2D eigenvalue weighted by Crippen LogP contribution is -2.35. The number of fused-ring (bicyclic) bond motifs is 1. The van der Waals surface area contributed by atoms with E-state index in [0.717, 1.165) is 30.4 Å². The smallest absolute Gasteiger partial charge is 0.233 e. The standard InChI is InChI=1S/C16H19NO3/c1-10-5-7-11(8-6-10)14(18)9-17-15(19)12-3-2-4-13(12)16(17)20/h5-8,12-14,18H,2-4,9H2,1H3. The van der Waals surface area contributed by atoms with E-state index in [-0.39, 0.29) is 30.2 Å². The number of carbonyl (C=O) groups is 2. The van der Waals surface area contributed by atoms with Crippen molar-refractivity contribution in [3.63, 3.8) is 0 Å². The number of aliphatic hydroxyl groups is 1. The molecule has 1 aliphatic heterocycles. The monoisotopic (exact) mass is 273 g/mol. The minimum atomic E-state index is -0.803. The molecule has 2 amide bonds. The van der Waals surface area contributed by atoms with Gasteiger partial charge in [-0.3, -0.25) is 14.5 Å². The van der Waals surface area contributed by atoms with Crippen LogP contribution in [0.2, 0.25) is 0 Å². The Morgan fingerprint density at radius 2 is 1.70 bits per heavy atom. The fourth-order valence-electron chi connectivity index (χ4n) is 3.31. The maximum Gasteiger partial charge on any atom is 0.233 e. The van der Waals surface area contributed by atoms with Gasteiger partial charge in [-0.25, -0.2) is 0 Å². The van der Waals surface area contributed by atoms with Gasteiger partial charge >= 0.3 is 0 Å². The van der Waals surface area contributed by atoms with E-state index >= 15 is 0 Å². The van der Waals surface area contributed by atoms with Gasteiger partial charge in [0.15, 0.2) is 0 Å². The summed E-state index contributed by atoms with van der Waals surface area (Å²) in [7, 11) is 0. The van der Waals surface area contributed by atoms with Crippen molar-refractivity contribution in [3.8, 4) is 0 Å². The molecule has 1 N–H and O–H groups in total. The van der Waals surface area contributed by atoms with Crippen molar-refractivity contribution in [1.82, 2.24) is 4.90 Å². The van der Waals surface area contributed by atoms with Gasteiger partial charge in [0.2, 0.25) is 11.8 Å². The molecule has 0 radical (unpaired) electrons. The molecule has 0 bridgehead atoms. The first-order chi connectivity index (χ1) is 9.58. The van der Waals surface area contributed by atoms with Crippen molar-refractivity contribution in [2.24, 2.45) is 11.8 Å². The van der Waals surface area contributed by atoms with E-state index < -0.39 is 6.10 Å². The molecule has 0 aromatic heterocycles. The molecule has 2 aliphatic rings. The maximum atomic E-state index is 12.2. The second-order valence-electron chi connectivity index (χ2n) is 5.86. The van der Waals surface area contributed by atoms with Gasteiger partial charge in [0.1, 0.15) is 0 Å². The van der Waals surface area contributed by atoms with Crippen LogP contribution in [0.5, 0.6) is 0 Å². The fraction of sp³-hybridized carbons (Fsp3) is 0.500. The molecular formula is C16H19NO3. The van der Waals surface area contributed by atoms with Crippen molar-refractivity contribution in [2.75, 3.05) is 6.54 Å². The Kier molecular flexibility index (Phi) is 3.34. The number of imide groups is 1. The summed E-state index contributed by atoms with van der Waals surface area (Å²) in [5.74, 6) is -0.451. The van der Waals surface area contributed by atoms with Crippen LogP contribution in [-0.2, 0) is 9.59 Å². The van der Waals surface area contributed by atoms with E-state index in [1.807, 2.05) is 31.2 Å². The van der Waals surface area contributed by atoms with Crippen molar-refractivity contribution < 1.29 is 14.7 Å². The van der Waals surface area contributed by atoms with Crippen LogP contribution in [0.3, 0.4) is 0 Å². The summed E-state index contributed by atoms with van der Waals surface area (Å²) in [6, 6.07) is 7.51. The summed E-state index contributed by atoms with van der Waals surface area (Å²) in [5.41, 5.74) is 1.86. The molecule has 20 heavy (non-hydrogen) atoms. The van der Waals surface area contributed by atoms with Crippen LogP contribution in [0.15, 0.2) is 24.3 Å². The predicted molar refractivity (Wildman–Crippen MR) is 73.7 cm³/mol. The van der Waals surface area contributed by atoms with Gasteiger partial charge in [-0.1, -0.05) is 36.2 Å². The third-order valence-electron chi connectivity index (χ3n) is 4.50. The molecule has 4 heteroatoms. The second kappa shape index (κ2) is 5.02. The number of aliphatic hydroxyl groups excluding tert-OH is 1. The first-order valence-corrected chi connectivity index (χ1v) is 7.18. The van der Waals surface area contributed by atoms with Crippen LogP contribution < -0.4 is 0 Å². The minimum absolute atomic E-state index is 0.0771. The summed E-state index contributed by atoms with van der Waals surface area (Å²) in [6.07, 6.45) is 1.78. The number of likely N-dealkylation sites (tertiary alicyclic amines) is 1. The van der Waals surface area contributed by atoms with Crippen molar-refractivity contribution >= 4 is 11.8 Å². The van der Waals surface area contributed by atoms with E-state index in [4.69, 9.17) is 0 Å². The number of aryl methyl sites for hydroxylation is 1. The molecule has 3 unspecified atom stereocenters. The SMILES string of the molecule is Cc1ccc(C(O)CN2C(=O)C3CCCC3C2=O)cc1. The molecule has 106 valence electrons. The number of hydrogen-bond donors (Lipinski definition) is 1. The Balaban J connectivity index is 1.73. The number of nitrogens with zero attached hydrogens (tertiary/aromatic N) is 1. The second-order valence-corrected chi connectivity index (χ2v) is 5.86. The van der Waals surface area contributed by atoms with Gasteiger partial charge in [-0.05, 0) is 25.3 Å². The Bertz CT molecular complexity index is 515. The average Bonchev–Trinajstić information content (AvgIpc) is 2.99. The maximum absolute atomic E-state index is 12.2. The molecule has 1 aromatic rings. The van der Waals surface area contributed by atoms with Gasteiger partial charge < -0.3 is 5.11 Å². The van der Waals surface area contributed by atoms with E-state index in [0.29, 0.717) is 0 Å². The quantitative estimate of drug-likeness (QED) is 0.855. The van der Waals surface area contributed by atoms with Gasteiger partial charge in [0, 0.05) is 0 Å². The van der Waals surface area contributed by atoms with Crippen molar-refractivity contribution in [2.45, 2.75) is 32.3 Å². The van der Waals surface area contributed by atoms with Gasteiger partial charge in [0.25, 0.3) is 0 Å². The first-order valence-electron chi connectivity index (χ1n) is 7.18. The summed E-state index contributed by atoms with van der Waals surface area (Å²) >= 11 is 0. The molecule has 4 nitrogen and oxygen atoms in total. The number of carbonyl (C=O) groups excluding carboxylic acids is 2. The highest BCUT2D eigenvalue weighted by molar-refractivity contribution is 6.05. The summed E-state index contributed by atoms with van der Waals surface area (Å²) in [4.78, 5) is 25.7. The van der Waals surface area contributed by atoms with Crippen LogP contribution in [-0.4, -0.2) is 28.4 Å².